The van der Waals surface area contributed by atoms with Gasteiger partial charge in [0.25, 0.3) is 0 Å². The molecule has 0 atom stereocenters. The van der Waals surface area contributed by atoms with Crippen LogP contribution in [0.2, 0.25) is 5.02 Å². The summed E-state index contributed by atoms with van der Waals surface area (Å²) < 4.78 is 0. The molecule has 0 spiro atoms. The van der Waals surface area contributed by atoms with Crippen molar-refractivity contribution < 1.29 is 4.79 Å². The van der Waals surface area contributed by atoms with Crippen molar-refractivity contribution in [2.24, 2.45) is 0 Å². The number of thiophene rings is 1. The van der Waals surface area contributed by atoms with Crippen LogP contribution in [0.25, 0.3) is 0 Å². The van der Waals surface area contributed by atoms with Gasteiger partial charge >= 0.3 is 0 Å². The van der Waals surface area contributed by atoms with Crippen molar-refractivity contribution in [1.82, 2.24) is 4.90 Å². The van der Waals surface area contributed by atoms with Crippen LogP contribution in [0.15, 0.2) is 40.6 Å². The molecule has 118 valence electrons. The second-order valence-electron chi connectivity index (χ2n) is 5.18. The fourth-order valence-corrected chi connectivity index (χ4v) is 3.94. The molecule has 0 N–H and O–H groups in total. The van der Waals surface area contributed by atoms with Crippen LogP contribution >= 0.6 is 34.7 Å². The first-order valence-corrected chi connectivity index (χ1v) is 9.46. The van der Waals surface area contributed by atoms with E-state index < -0.39 is 0 Å². The van der Waals surface area contributed by atoms with Crippen LogP contribution in [-0.2, 0) is 11.3 Å². The van der Waals surface area contributed by atoms with Crippen LogP contribution in [0.4, 0.5) is 0 Å². The zero-order valence-electron chi connectivity index (χ0n) is 12.8. The molecule has 1 amide bonds. The average molecular weight is 354 g/mol. The lowest BCUT2D eigenvalue weighted by Gasteiger charge is -2.16. The van der Waals surface area contributed by atoms with E-state index in [4.69, 9.17) is 11.6 Å². The molecular weight excluding hydrogens is 334 g/mol. The third-order valence-electron chi connectivity index (χ3n) is 3.39. The maximum absolute atomic E-state index is 12.1. The van der Waals surface area contributed by atoms with Crippen molar-refractivity contribution in [3.05, 3.63) is 51.2 Å². The highest BCUT2D eigenvalue weighted by Gasteiger charge is 2.11. The van der Waals surface area contributed by atoms with E-state index >= 15 is 0 Å². The molecule has 2 nitrogen and oxygen atoms in total. The Morgan fingerprint density at radius 3 is 2.64 bits per heavy atom. The Kier molecular flexibility index (Phi) is 6.80. The van der Waals surface area contributed by atoms with Crippen LogP contribution < -0.4 is 0 Å². The van der Waals surface area contributed by atoms with Crippen molar-refractivity contribution in [3.63, 3.8) is 0 Å². The van der Waals surface area contributed by atoms with E-state index in [0.717, 1.165) is 17.2 Å². The number of hydrogen-bond acceptors (Lipinski definition) is 3. The predicted octanol–water partition coefficient (Wildman–Crippen LogP) is 5.24. The van der Waals surface area contributed by atoms with Crippen molar-refractivity contribution in [1.29, 1.82) is 0 Å². The Morgan fingerprint density at radius 1 is 1.27 bits per heavy atom. The maximum Gasteiger partial charge on any atom is 0.222 e. The van der Waals surface area contributed by atoms with E-state index in [2.05, 4.69) is 18.4 Å². The first-order valence-electron chi connectivity index (χ1n) is 7.21. The highest BCUT2D eigenvalue weighted by Crippen LogP contribution is 2.22. The molecule has 1 aromatic carbocycles. The fourth-order valence-electron chi connectivity index (χ4n) is 2.00. The summed E-state index contributed by atoms with van der Waals surface area (Å²) in [5.41, 5.74) is 1.27. The van der Waals surface area contributed by atoms with Gasteiger partial charge in [0.1, 0.15) is 0 Å². The molecule has 0 aliphatic carbocycles. The maximum atomic E-state index is 12.1. The van der Waals surface area contributed by atoms with Gasteiger partial charge < -0.3 is 4.90 Å². The Balaban J connectivity index is 1.69. The smallest absolute Gasteiger partial charge is 0.222 e. The topological polar surface area (TPSA) is 20.3 Å². The molecule has 2 aromatic rings. The molecule has 5 heteroatoms. The minimum Gasteiger partial charge on any atom is -0.341 e. The zero-order chi connectivity index (χ0) is 15.9. The minimum absolute atomic E-state index is 0.213. The SMILES string of the molecule is Cc1ccsc1CN(C)C(=O)CCCSc1ccc(Cl)cc1. The number of thioether (sulfide) groups is 1. The van der Waals surface area contributed by atoms with Crippen LogP contribution in [0.1, 0.15) is 23.3 Å². The van der Waals surface area contributed by atoms with Crippen molar-refractivity contribution >= 4 is 40.6 Å². The number of nitrogens with zero attached hydrogens (tertiary/aromatic N) is 1. The number of benzene rings is 1. The van der Waals surface area contributed by atoms with Gasteiger partial charge in [-0.05, 0) is 60.4 Å². The number of carbonyl (C=O) groups is 1. The summed E-state index contributed by atoms with van der Waals surface area (Å²) in [6, 6.07) is 9.92. The summed E-state index contributed by atoms with van der Waals surface area (Å²) in [6.07, 6.45) is 1.49. The molecule has 0 saturated heterocycles. The lowest BCUT2D eigenvalue weighted by atomic mass is 10.2. The Morgan fingerprint density at radius 2 is 2.00 bits per heavy atom. The van der Waals surface area contributed by atoms with Crippen molar-refractivity contribution in [2.45, 2.75) is 31.2 Å². The van der Waals surface area contributed by atoms with E-state index in [1.807, 2.05) is 36.2 Å². The lowest BCUT2D eigenvalue weighted by molar-refractivity contribution is -0.130. The van der Waals surface area contributed by atoms with Gasteiger partial charge in [0.2, 0.25) is 5.91 Å². The molecule has 22 heavy (non-hydrogen) atoms. The summed E-state index contributed by atoms with van der Waals surface area (Å²) >= 11 is 9.34. The second-order valence-corrected chi connectivity index (χ2v) is 7.79. The summed E-state index contributed by atoms with van der Waals surface area (Å²) in [5.74, 6) is 1.16. The molecule has 0 saturated carbocycles. The third-order valence-corrected chi connectivity index (χ3v) is 5.75. The second kappa shape index (κ2) is 8.61. The quantitative estimate of drug-likeness (QED) is 0.501. The highest BCUT2D eigenvalue weighted by molar-refractivity contribution is 7.99. The lowest BCUT2D eigenvalue weighted by Crippen LogP contribution is -2.25. The van der Waals surface area contributed by atoms with Gasteiger partial charge in [-0.25, -0.2) is 0 Å². The third kappa shape index (κ3) is 5.34. The number of amides is 1. The van der Waals surface area contributed by atoms with Crippen LogP contribution in [0.5, 0.6) is 0 Å². The van der Waals surface area contributed by atoms with Gasteiger partial charge in [0, 0.05) is 28.3 Å². The van der Waals surface area contributed by atoms with E-state index in [-0.39, 0.29) is 5.91 Å². The van der Waals surface area contributed by atoms with E-state index in [1.165, 1.54) is 15.3 Å². The molecule has 0 aliphatic heterocycles. The molecule has 0 radical (unpaired) electrons. The summed E-state index contributed by atoms with van der Waals surface area (Å²) in [7, 11) is 1.88. The van der Waals surface area contributed by atoms with Gasteiger partial charge in [-0.1, -0.05) is 11.6 Å². The van der Waals surface area contributed by atoms with E-state index in [9.17, 15) is 4.79 Å². The molecule has 1 heterocycles. The summed E-state index contributed by atoms with van der Waals surface area (Å²) in [5, 5.41) is 2.83. The van der Waals surface area contributed by atoms with Crippen molar-refractivity contribution in [3.8, 4) is 0 Å². The zero-order valence-corrected chi connectivity index (χ0v) is 15.2. The Hall–Kier alpha value is -0.970. The summed E-state index contributed by atoms with van der Waals surface area (Å²) in [6.45, 7) is 2.81. The fraction of sp³-hybridized carbons (Fsp3) is 0.353. The van der Waals surface area contributed by atoms with Crippen LogP contribution in [0.3, 0.4) is 0 Å². The number of carbonyl (C=O) groups excluding carboxylic acids is 1. The van der Waals surface area contributed by atoms with Gasteiger partial charge in [0.15, 0.2) is 0 Å². The first kappa shape index (κ1) is 17.4. The number of rotatable bonds is 7. The number of halogens is 1. The van der Waals surface area contributed by atoms with Gasteiger partial charge in [-0.3, -0.25) is 4.79 Å². The van der Waals surface area contributed by atoms with E-state index in [1.54, 1.807) is 23.1 Å². The highest BCUT2D eigenvalue weighted by atomic mass is 35.5. The molecule has 1 aromatic heterocycles. The standard InChI is InChI=1S/C17H20ClNOS2/c1-13-9-11-22-16(13)12-19(2)17(20)4-3-10-21-15-7-5-14(18)6-8-15/h5-9,11H,3-4,10,12H2,1-2H3. The Bertz CT molecular complexity index is 609. The van der Waals surface area contributed by atoms with Crippen LogP contribution in [-0.4, -0.2) is 23.6 Å². The number of aryl methyl sites for hydroxylation is 1. The molecule has 0 bridgehead atoms. The predicted molar refractivity (Wildman–Crippen MR) is 96.9 cm³/mol. The Labute approximate surface area is 145 Å². The molecule has 2 rings (SSSR count). The van der Waals surface area contributed by atoms with Crippen LogP contribution in [0, 0.1) is 6.92 Å². The molecule has 0 fully saturated rings. The van der Waals surface area contributed by atoms with Gasteiger partial charge in [-0.15, -0.1) is 23.1 Å². The molecule has 0 unspecified atom stereocenters. The van der Waals surface area contributed by atoms with E-state index in [0.29, 0.717) is 13.0 Å². The monoisotopic (exact) mass is 353 g/mol. The molecular formula is C17H20ClNOS2. The van der Waals surface area contributed by atoms with Crippen molar-refractivity contribution in [2.75, 3.05) is 12.8 Å². The number of hydrogen-bond donors (Lipinski definition) is 0. The minimum atomic E-state index is 0.213. The average Bonchev–Trinajstić information content (AvgIpc) is 2.90. The van der Waals surface area contributed by atoms with Gasteiger partial charge in [-0.2, -0.15) is 0 Å². The first-order chi connectivity index (χ1) is 10.6. The molecule has 0 aliphatic rings. The summed E-state index contributed by atoms with van der Waals surface area (Å²) in [4.78, 5) is 16.4. The normalized spacial score (nSPS) is 10.7. The largest absolute Gasteiger partial charge is 0.341 e. The van der Waals surface area contributed by atoms with Gasteiger partial charge in [0.05, 0.1) is 6.54 Å².